The average molecular weight is 340 g/mol. The van der Waals surface area contributed by atoms with Crippen molar-refractivity contribution in [1.82, 2.24) is 14.5 Å². The molecule has 0 fully saturated rings. The fourth-order valence-corrected chi connectivity index (χ4v) is 3.77. The molecule has 5 nitrogen and oxygen atoms in total. The Morgan fingerprint density at radius 3 is 2.79 bits per heavy atom. The van der Waals surface area contributed by atoms with Crippen LogP contribution in [0.15, 0.2) is 47.7 Å². The molecule has 0 atom stereocenters. The van der Waals surface area contributed by atoms with E-state index >= 15 is 0 Å². The van der Waals surface area contributed by atoms with Crippen LogP contribution >= 0.6 is 11.3 Å². The van der Waals surface area contributed by atoms with E-state index in [1.807, 2.05) is 25.1 Å². The zero-order chi connectivity index (χ0) is 16.8. The molecule has 120 valence electrons. The van der Waals surface area contributed by atoms with Crippen molar-refractivity contribution in [3.63, 3.8) is 0 Å². The lowest BCUT2D eigenvalue weighted by Crippen LogP contribution is -2.18. The summed E-state index contributed by atoms with van der Waals surface area (Å²) >= 11 is 1.31. The quantitative estimate of drug-likeness (QED) is 0.562. The van der Waals surface area contributed by atoms with E-state index in [1.54, 1.807) is 18.3 Å². The van der Waals surface area contributed by atoms with Crippen LogP contribution in [0.2, 0.25) is 0 Å². The second-order valence-corrected chi connectivity index (χ2v) is 6.58. The molecule has 0 radical (unpaired) electrons. The van der Waals surface area contributed by atoms with Crippen molar-refractivity contribution in [3.8, 4) is 5.69 Å². The van der Waals surface area contributed by atoms with Crippen LogP contribution in [0.1, 0.15) is 0 Å². The fraction of sp³-hybridized carbons (Fsp3) is 0.118. The van der Waals surface area contributed by atoms with Crippen molar-refractivity contribution in [2.75, 3.05) is 19.0 Å². The number of hydrogen-bond donors (Lipinski definition) is 0. The smallest absolute Gasteiger partial charge is 0.275 e. The molecule has 1 aromatic carbocycles. The number of halogens is 1. The van der Waals surface area contributed by atoms with Crippen LogP contribution in [-0.4, -0.2) is 28.6 Å². The van der Waals surface area contributed by atoms with Crippen molar-refractivity contribution >= 4 is 37.5 Å². The van der Waals surface area contributed by atoms with Crippen LogP contribution < -0.4 is 10.5 Å². The SMILES string of the molecule is CN(C)c1ccnc2sc3c(=O)n(-c4cccc(F)c4)cnc3c12. The normalized spacial score (nSPS) is 11.3. The molecule has 0 aliphatic rings. The van der Waals surface area contributed by atoms with Crippen LogP contribution in [0.4, 0.5) is 10.1 Å². The van der Waals surface area contributed by atoms with E-state index in [1.165, 1.54) is 34.4 Å². The summed E-state index contributed by atoms with van der Waals surface area (Å²) in [5.41, 5.74) is 1.82. The highest BCUT2D eigenvalue weighted by atomic mass is 32.1. The summed E-state index contributed by atoms with van der Waals surface area (Å²) in [7, 11) is 3.87. The molecule has 0 saturated carbocycles. The second-order valence-electron chi connectivity index (χ2n) is 5.58. The van der Waals surface area contributed by atoms with E-state index < -0.39 is 5.82 Å². The van der Waals surface area contributed by atoms with Crippen LogP contribution in [-0.2, 0) is 0 Å². The highest BCUT2D eigenvalue weighted by Crippen LogP contribution is 2.35. The Hall–Kier alpha value is -2.80. The molecular weight excluding hydrogens is 327 g/mol. The van der Waals surface area contributed by atoms with Gasteiger partial charge >= 0.3 is 0 Å². The maximum absolute atomic E-state index is 13.5. The van der Waals surface area contributed by atoms with Gasteiger partial charge in [0.15, 0.2) is 0 Å². The van der Waals surface area contributed by atoms with E-state index in [9.17, 15) is 9.18 Å². The lowest BCUT2D eigenvalue weighted by Gasteiger charge is -2.13. The van der Waals surface area contributed by atoms with Gasteiger partial charge in [0.05, 0.1) is 22.3 Å². The van der Waals surface area contributed by atoms with E-state index in [4.69, 9.17) is 0 Å². The van der Waals surface area contributed by atoms with Gasteiger partial charge in [0.25, 0.3) is 5.56 Å². The molecule has 0 aliphatic heterocycles. The van der Waals surface area contributed by atoms with Gasteiger partial charge in [0, 0.05) is 20.3 Å². The molecule has 24 heavy (non-hydrogen) atoms. The zero-order valence-electron chi connectivity index (χ0n) is 13.0. The maximum atomic E-state index is 13.5. The predicted octanol–water partition coefficient (Wildman–Crippen LogP) is 3.20. The molecule has 0 N–H and O–H groups in total. The third-order valence-corrected chi connectivity index (χ3v) is 4.90. The molecule has 4 aromatic rings. The van der Waals surface area contributed by atoms with Crippen LogP contribution in [0.5, 0.6) is 0 Å². The number of anilines is 1. The van der Waals surface area contributed by atoms with Crippen molar-refractivity contribution < 1.29 is 4.39 Å². The molecule has 3 heterocycles. The van der Waals surface area contributed by atoms with Crippen LogP contribution in [0.3, 0.4) is 0 Å². The molecule has 0 saturated heterocycles. The molecular formula is C17H13FN4OS. The van der Waals surface area contributed by atoms with Gasteiger partial charge < -0.3 is 4.90 Å². The van der Waals surface area contributed by atoms with E-state index in [2.05, 4.69) is 9.97 Å². The maximum Gasteiger partial charge on any atom is 0.275 e. The summed E-state index contributed by atoms with van der Waals surface area (Å²) in [5, 5.41) is 0.867. The van der Waals surface area contributed by atoms with Crippen molar-refractivity contribution in [1.29, 1.82) is 0 Å². The summed E-state index contributed by atoms with van der Waals surface area (Å²) in [4.78, 5) is 24.4. The highest BCUT2D eigenvalue weighted by Gasteiger charge is 2.16. The van der Waals surface area contributed by atoms with E-state index in [-0.39, 0.29) is 5.56 Å². The number of thiophene rings is 1. The Kier molecular flexibility index (Phi) is 3.31. The number of pyridine rings is 1. The fourth-order valence-electron chi connectivity index (χ4n) is 2.72. The number of nitrogens with zero attached hydrogens (tertiary/aromatic N) is 4. The molecule has 3 aromatic heterocycles. The number of hydrogen-bond acceptors (Lipinski definition) is 5. The Balaban J connectivity index is 2.06. The Bertz CT molecular complexity index is 1130. The van der Waals surface area contributed by atoms with Crippen LogP contribution in [0, 0.1) is 5.82 Å². The largest absolute Gasteiger partial charge is 0.377 e. The van der Waals surface area contributed by atoms with Crippen molar-refractivity contribution in [2.45, 2.75) is 0 Å². The van der Waals surface area contributed by atoms with Gasteiger partial charge in [-0.25, -0.2) is 14.4 Å². The van der Waals surface area contributed by atoms with Gasteiger partial charge in [0.2, 0.25) is 0 Å². The first-order valence-corrected chi connectivity index (χ1v) is 8.10. The van der Waals surface area contributed by atoms with Crippen molar-refractivity contribution in [3.05, 3.63) is 59.0 Å². The minimum atomic E-state index is -0.396. The Morgan fingerprint density at radius 2 is 2.04 bits per heavy atom. The first-order valence-electron chi connectivity index (χ1n) is 7.28. The first-order chi connectivity index (χ1) is 11.6. The van der Waals surface area contributed by atoms with Gasteiger partial charge in [-0.1, -0.05) is 6.07 Å². The minimum Gasteiger partial charge on any atom is -0.377 e. The summed E-state index contributed by atoms with van der Waals surface area (Å²) in [6.45, 7) is 0. The molecule has 0 spiro atoms. The number of rotatable bonds is 2. The minimum absolute atomic E-state index is 0.224. The molecule has 7 heteroatoms. The van der Waals surface area contributed by atoms with Gasteiger partial charge in [-0.2, -0.15) is 0 Å². The van der Waals surface area contributed by atoms with Gasteiger partial charge in [-0.3, -0.25) is 9.36 Å². The number of benzene rings is 1. The molecule has 0 unspecified atom stereocenters. The molecule has 0 bridgehead atoms. The van der Waals surface area contributed by atoms with Gasteiger partial charge in [-0.15, -0.1) is 11.3 Å². The summed E-state index contributed by atoms with van der Waals surface area (Å²) < 4.78 is 15.3. The highest BCUT2D eigenvalue weighted by molar-refractivity contribution is 7.25. The Morgan fingerprint density at radius 1 is 1.21 bits per heavy atom. The van der Waals surface area contributed by atoms with Crippen LogP contribution in [0.25, 0.3) is 26.1 Å². The van der Waals surface area contributed by atoms with E-state index in [0.29, 0.717) is 15.9 Å². The third-order valence-electron chi connectivity index (χ3n) is 3.83. The summed E-state index contributed by atoms with van der Waals surface area (Å²) in [6.07, 6.45) is 3.16. The third kappa shape index (κ3) is 2.16. The van der Waals surface area contributed by atoms with E-state index in [0.717, 1.165) is 15.9 Å². The first kappa shape index (κ1) is 14.8. The number of fused-ring (bicyclic) bond motifs is 3. The van der Waals surface area contributed by atoms with Crippen molar-refractivity contribution in [2.24, 2.45) is 0 Å². The average Bonchev–Trinajstić information content (AvgIpc) is 2.94. The number of aromatic nitrogens is 3. The van der Waals surface area contributed by atoms with Gasteiger partial charge in [0.1, 0.15) is 21.7 Å². The lowest BCUT2D eigenvalue weighted by molar-refractivity contribution is 0.626. The molecule has 0 aliphatic carbocycles. The standard InChI is InChI=1S/C17H13FN4OS/c1-21(2)12-6-7-19-16-13(12)14-15(24-16)17(23)22(9-20-14)11-5-3-4-10(18)8-11/h3-9H,1-2H3. The second kappa shape index (κ2) is 5.38. The summed E-state index contributed by atoms with van der Waals surface area (Å²) in [5.74, 6) is -0.396. The molecule has 0 amide bonds. The predicted molar refractivity (Wildman–Crippen MR) is 94.8 cm³/mol. The topological polar surface area (TPSA) is 51.0 Å². The summed E-state index contributed by atoms with van der Waals surface area (Å²) in [6, 6.07) is 7.79. The Labute approximate surface area is 140 Å². The zero-order valence-corrected chi connectivity index (χ0v) is 13.8. The lowest BCUT2D eigenvalue weighted by atomic mass is 10.2. The van der Waals surface area contributed by atoms with Gasteiger partial charge in [-0.05, 0) is 24.3 Å². The molecule has 4 rings (SSSR count). The monoisotopic (exact) mass is 340 g/mol.